The SMILES string of the molecule is CCn1c(SCCC(C)(C)O)nc2ccc(F)cc2c1=O. The average Bonchev–Trinajstić information content (AvgIpc) is 2.39. The van der Waals surface area contributed by atoms with Crippen LogP contribution < -0.4 is 5.56 Å². The Kier molecular flexibility index (Phi) is 4.68. The quantitative estimate of drug-likeness (QED) is 0.681. The van der Waals surface area contributed by atoms with Gasteiger partial charge >= 0.3 is 0 Å². The van der Waals surface area contributed by atoms with Crippen LogP contribution in [0.25, 0.3) is 10.9 Å². The van der Waals surface area contributed by atoms with E-state index in [2.05, 4.69) is 4.98 Å². The Morgan fingerprint density at radius 3 is 2.76 bits per heavy atom. The minimum atomic E-state index is -0.746. The van der Waals surface area contributed by atoms with Gasteiger partial charge in [-0.25, -0.2) is 9.37 Å². The van der Waals surface area contributed by atoms with E-state index in [1.165, 1.54) is 34.5 Å². The second kappa shape index (κ2) is 6.15. The molecule has 6 heteroatoms. The van der Waals surface area contributed by atoms with E-state index in [4.69, 9.17) is 0 Å². The summed E-state index contributed by atoms with van der Waals surface area (Å²) in [5.74, 6) is 0.217. The Morgan fingerprint density at radius 2 is 2.14 bits per heavy atom. The smallest absolute Gasteiger partial charge is 0.262 e. The van der Waals surface area contributed by atoms with Gasteiger partial charge in [0.2, 0.25) is 0 Å². The third kappa shape index (κ3) is 3.83. The topological polar surface area (TPSA) is 55.1 Å². The van der Waals surface area contributed by atoms with Crippen LogP contribution >= 0.6 is 11.8 Å². The number of hydrogen-bond donors (Lipinski definition) is 1. The van der Waals surface area contributed by atoms with Crippen LogP contribution in [-0.4, -0.2) is 26.0 Å². The highest BCUT2D eigenvalue weighted by atomic mass is 32.2. The van der Waals surface area contributed by atoms with Gasteiger partial charge in [0.1, 0.15) is 5.82 Å². The van der Waals surface area contributed by atoms with Crippen LogP contribution in [0, 0.1) is 5.82 Å². The van der Waals surface area contributed by atoms with Gasteiger partial charge in [0.25, 0.3) is 5.56 Å². The molecule has 0 fully saturated rings. The number of fused-ring (bicyclic) bond motifs is 1. The van der Waals surface area contributed by atoms with Gasteiger partial charge in [-0.1, -0.05) is 11.8 Å². The molecule has 1 heterocycles. The maximum absolute atomic E-state index is 13.3. The first-order valence-corrected chi connectivity index (χ1v) is 7.85. The number of aromatic nitrogens is 2. The van der Waals surface area contributed by atoms with Gasteiger partial charge in [-0.3, -0.25) is 9.36 Å². The van der Waals surface area contributed by atoms with Crippen molar-refractivity contribution in [1.82, 2.24) is 9.55 Å². The monoisotopic (exact) mass is 310 g/mol. The molecule has 114 valence electrons. The number of nitrogens with zero attached hydrogens (tertiary/aromatic N) is 2. The molecular formula is C15H19FN2O2S. The fourth-order valence-electron chi connectivity index (χ4n) is 1.95. The number of aliphatic hydroxyl groups is 1. The average molecular weight is 310 g/mol. The van der Waals surface area contributed by atoms with Gasteiger partial charge in [0.15, 0.2) is 5.16 Å². The molecule has 1 aromatic heterocycles. The van der Waals surface area contributed by atoms with Crippen LogP contribution in [0.5, 0.6) is 0 Å². The molecule has 0 aliphatic rings. The summed E-state index contributed by atoms with van der Waals surface area (Å²) < 4.78 is 14.8. The van der Waals surface area contributed by atoms with Gasteiger partial charge < -0.3 is 5.11 Å². The zero-order valence-corrected chi connectivity index (χ0v) is 13.2. The Hall–Kier alpha value is -1.40. The number of halogens is 1. The Labute approximate surface area is 127 Å². The van der Waals surface area contributed by atoms with Crippen LogP contribution in [0.1, 0.15) is 27.2 Å². The van der Waals surface area contributed by atoms with Crippen molar-refractivity contribution in [3.05, 3.63) is 34.4 Å². The predicted octanol–water partition coefficient (Wildman–Crippen LogP) is 2.81. The lowest BCUT2D eigenvalue weighted by atomic mass is 10.1. The molecule has 0 atom stereocenters. The van der Waals surface area contributed by atoms with Crippen LogP contribution in [0.2, 0.25) is 0 Å². The van der Waals surface area contributed by atoms with E-state index < -0.39 is 11.4 Å². The number of rotatable bonds is 5. The highest BCUT2D eigenvalue weighted by Gasteiger charge is 2.15. The summed E-state index contributed by atoms with van der Waals surface area (Å²) in [5.41, 5.74) is -0.478. The van der Waals surface area contributed by atoms with Gasteiger partial charge in [-0.15, -0.1) is 0 Å². The fourth-order valence-corrected chi connectivity index (χ4v) is 3.27. The molecule has 0 aliphatic heterocycles. The highest BCUT2D eigenvalue weighted by Crippen LogP contribution is 2.21. The Morgan fingerprint density at radius 1 is 1.43 bits per heavy atom. The van der Waals surface area contributed by atoms with Crippen LogP contribution in [0.4, 0.5) is 4.39 Å². The summed E-state index contributed by atoms with van der Waals surface area (Å²) in [6.07, 6.45) is 0.596. The van der Waals surface area contributed by atoms with E-state index in [9.17, 15) is 14.3 Å². The molecule has 4 nitrogen and oxygen atoms in total. The lowest BCUT2D eigenvalue weighted by Gasteiger charge is -2.17. The lowest BCUT2D eigenvalue weighted by molar-refractivity contribution is 0.0777. The van der Waals surface area contributed by atoms with E-state index >= 15 is 0 Å². The first-order chi connectivity index (χ1) is 9.81. The molecule has 0 unspecified atom stereocenters. The molecule has 2 rings (SSSR count). The van der Waals surface area contributed by atoms with E-state index in [0.29, 0.717) is 34.8 Å². The summed E-state index contributed by atoms with van der Waals surface area (Å²) >= 11 is 1.43. The minimum absolute atomic E-state index is 0.229. The largest absolute Gasteiger partial charge is 0.390 e. The first kappa shape index (κ1) is 16.0. The molecule has 0 radical (unpaired) electrons. The second-order valence-electron chi connectivity index (χ2n) is 5.52. The minimum Gasteiger partial charge on any atom is -0.390 e. The first-order valence-electron chi connectivity index (χ1n) is 6.87. The summed E-state index contributed by atoms with van der Waals surface area (Å²) in [6, 6.07) is 4.05. The van der Waals surface area contributed by atoms with Crippen molar-refractivity contribution in [3.63, 3.8) is 0 Å². The fraction of sp³-hybridized carbons (Fsp3) is 0.467. The molecule has 0 spiro atoms. The third-order valence-electron chi connectivity index (χ3n) is 3.14. The molecule has 0 saturated carbocycles. The predicted molar refractivity (Wildman–Crippen MR) is 83.3 cm³/mol. The van der Waals surface area contributed by atoms with E-state index in [1.54, 1.807) is 13.8 Å². The second-order valence-corrected chi connectivity index (χ2v) is 6.58. The number of hydrogen-bond acceptors (Lipinski definition) is 4. The summed E-state index contributed by atoms with van der Waals surface area (Å²) in [6.45, 7) is 5.82. The summed E-state index contributed by atoms with van der Waals surface area (Å²) in [5, 5.41) is 10.6. The van der Waals surface area contributed by atoms with Crippen molar-refractivity contribution in [2.24, 2.45) is 0 Å². The Bertz CT molecular complexity index is 707. The maximum Gasteiger partial charge on any atom is 0.262 e. The molecule has 0 aliphatic carbocycles. The zero-order chi connectivity index (χ0) is 15.6. The van der Waals surface area contributed by atoms with E-state index in [0.717, 1.165) is 0 Å². The van der Waals surface area contributed by atoms with Crippen molar-refractivity contribution >= 4 is 22.7 Å². The van der Waals surface area contributed by atoms with Gasteiger partial charge in [-0.05, 0) is 45.4 Å². The zero-order valence-electron chi connectivity index (χ0n) is 12.4. The summed E-state index contributed by atoms with van der Waals surface area (Å²) in [4.78, 5) is 16.8. The molecular weight excluding hydrogens is 291 g/mol. The molecule has 1 N–H and O–H groups in total. The van der Waals surface area contributed by atoms with Crippen molar-refractivity contribution in [2.75, 3.05) is 5.75 Å². The summed E-state index contributed by atoms with van der Waals surface area (Å²) in [7, 11) is 0. The molecule has 1 aromatic carbocycles. The van der Waals surface area contributed by atoms with Crippen molar-refractivity contribution in [3.8, 4) is 0 Å². The molecule has 0 amide bonds. The van der Waals surface area contributed by atoms with Gasteiger partial charge in [-0.2, -0.15) is 0 Å². The van der Waals surface area contributed by atoms with E-state index in [1.807, 2.05) is 6.92 Å². The standard InChI is InChI=1S/C15H19FN2O2S/c1-4-18-13(19)11-9-10(16)5-6-12(11)17-14(18)21-8-7-15(2,3)20/h5-6,9,20H,4,7-8H2,1-3H3. The van der Waals surface area contributed by atoms with E-state index in [-0.39, 0.29) is 5.56 Å². The number of thioether (sulfide) groups is 1. The maximum atomic E-state index is 13.3. The lowest BCUT2D eigenvalue weighted by Crippen LogP contribution is -2.23. The van der Waals surface area contributed by atoms with Crippen molar-refractivity contribution in [1.29, 1.82) is 0 Å². The molecule has 0 saturated heterocycles. The number of benzene rings is 1. The molecule has 2 aromatic rings. The third-order valence-corrected chi connectivity index (χ3v) is 4.12. The van der Waals surface area contributed by atoms with Gasteiger partial charge in [0.05, 0.1) is 16.5 Å². The normalized spacial score (nSPS) is 12.0. The highest BCUT2D eigenvalue weighted by molar-refractivity contribution is 7.99. The van der Waals surface area contributed by atoms with Gasteiger partial charge in [0, 0.05) is 12.3 Å². The molecule has 21 heavy (non-hydrogen) atoms. The van der Waals surface area contributed by atoms with Crippen LogP contribution in [0.15, 0.2) is 28.2 Å². The Balaban J connectivity index is 2.39. The van der Waals surface area contributed by atoms with Crippen LogP contribution in [-0.2, 0) is 6.54 Å². The molecule has 0 bridgehead atoms. The van der Waals surface area contributed by atoms with Crippen molar-refractivity contribution < 1.29 is 9.50 Å². The van der Waals surface area contributed by atoms with Crippen molar-refractivity contribution in [2.45, 2.75) is 44.5 Å². The van der Waals surface area contributed by atoms with Crippen LogP contribution in [0.3, 0.4) is 0 Å².